The Balaban J connectivity index is 2.09. The van der Waals surface area contributed by atoms with E-state index >= 15 is 0 Å². The number of aromatic nitrogens is 2. The van der Waals surface area contributed by atoms with Crippen molar-refractivity contribution < 1.29 is 4.74 Å². The number of rotatable bonds is 9. The van der Waals surface area contributed by atoms with Crippen molar-refractivity contribution >= 4 is 11.5 Å². The molecule has 0 atom stereocenters. The lowest BCUT2D eigenvalue weighted by molar-refractivity contribution is 0.298. The van der Waals surface area contributed by atoms with Crippen molar-refractivity contribution in [2.75, 3.05) is 44.8 Å². The van der Waals surface area contributed by atoms with Crippen LogP contribution in [0.15, 0.2) is 0 Å². The van der Waals surface area contributed by atoms with Crippen molar-refractivity contribution in [1.29, 1.82) is 0 Å². The molecule has 1 fully saturated rings. The molecule has 0 bridgehead atoms. The Bertz CT molecular complexity index is 460. The van der Waals surface area contributed by atoms with Crippen LogP contribution in [-0.4, -0.2) is 48.7 Å². The average Bonchev–Trinajstić information content (AvgIpc) is 3.26. The minimum absolute atomic E-state index is 0.480. The lowest BCUT2D eigenvalue weighted by atomic mass is 10.3. The lowest BCUT2D eigenvalue weighted by Gasteiger charge is -2.15. The van der Waals surface area contributed by atoms with Gasteiger partial charge in [-0.25, -0.2) is 4.98 Å². The number of nitrogens with two attached hydrogens (primary N) is 1. The zero-order valence-electron chi connectivity index (χ0n) is 13.4. The highest BCUT2D eigenvalue weighted by Crippen LogP contribution is 2.40. The minimum Gasteiger partial charge on any atom is -0.476 e. The third kappa shape index (κ3) is 4.74. The molecular weight excluding hydrogens is 266 g/mol. The van der Waals surface area contributed by atoms with Gasteiger partial charge in [-0.15, -0.1) is 0 Å². The van der Waals surface area contributed by atoms with E-state index in [1.165, 1.54) is 0 Å². The van der Waals surface area contributed by atoms with E-state index in [1.54, 1.807) is 0 Å². The van der Waals surface area contributed by atoms with Crippen LogP contribution in [0.1, 0.15) is 44.3 Å². The van der Waals surface area contributed by atoms with Crippen molar-refractivity contribution in [2.45, 2.75) is 38.5 Å². The molecule has 2 rings (SSSR count). The number of likely N-dealkylation sites (N-methyl/N-ethyl adjacent to an activating group) is 1. The molecule has 0 saturated heterocycles. The fourth-order valence-electron chi connectivity index (χ4n) is 1.95. The van der Waals surface area contributed by atoms with Crippen molar-refractivity contribution in [2.24, 2.45) is 0 Å². The van der Waals surface area contributed by atoms with E-state index in [1.807, 2.05) is 14.1 Å². The number of nitrogens with zero attached hydrogens (tertiary/aromatic N) is 3. The molecule has 1 saturated carbocycles. The summed E-state index contributed by atoms with van der Waals surface area (Å²) in [4.78, 5) is 11.2. The molecule has 6 heteroatoms. The maximum absolute atomic E-state index is 6.15. The fourth-order valence-corrected chi connectivity index (χ4v) is 1.95. The van der Waals surface area contributed by atoms with E-state index in [-0.39, 0.29) is 0 Å². The van der Waals surface area contributed by atoms with Crippen molar-refractivity contribution in [1.82, 2.24) is 14.9 Å². The Labute approximate surface area is 127 Å². The van der Waals surface area contributed by atoms with Gasteiger partial charge in [-0.3, -0.25) is 0 Å². The molecule has 1 aromatic rings. The van der Waals surface area contributed by atoms with Crippen LogP contribution < -0.4 is 15.8 Å². The smallest absolute Gasteiger partial charge is 0.242 e. The standard InChI is InChI=1S/C15H27N5O/c1-4-5-10-21-15-12(16)14(17-8-9-20(2)3)18-13(19-15)11-6-7-11/h11H,4-10,16H2,1-3H3,(H,17,18,19). The predicted molar refractivity (Wildman–Crippen MR) is 85.9 cm³/mol. The molecule has 0 spiro atoms. The summed E-state index contributed by atoms with van der Waals surface area (Å²) in [6.07, 6.45) is 4.42. The molecule has 6 nitrogen and oxygen atoms in total. The van der Waals surface area contributed by atoms with Crippen LogP contribution in [0.5, 0.6) is 5.88 Å². The molecule has 1 aromatic heterocycles. The third-order valence-corrected chi connectivity index (χ3v) is 3.46. The van der Waals surface area contributed by atoms with Crippen molar-refractivity contribution in [3.8, 4) is 5.88 Å². The summed E-state index contributed by atoms with van der Waals surface area (Å²) >= 11 is 0. The van der Waals surface area contributed by atoms with E-state index < -0.39 is 0 Å². The molecule has 3 N–H and O–H groups in total. The van der Waals surface area contributed by atoms with Gasteiger partial charge >= 0.3 is 0 Å². The molecule has 0 unspecified atom stereocenters. The van der Waals surface area contributed by atoms with Crippen LogP contribution in [0.25, 0.3) is 0 Å². The van der Waals surface area contributed by atoms with Gasteiger partial charge in [0, 0.05) is 19.0 Å². The van der Waals surface area contributed by atoms with E-state index in [2.05, 4.69) is 27.1 Å². The normalized spacial score (nSPS) is 14.5. The quantitative estimate of drug-likeness (QED) is 0.679. The molecule has 1 aliphatic carbocycles. The first kappa shape index (κ1) is 15.8. The van der Waals surface area contributed by atoms with Gasteiger partial charge in [0.1, 0.15) is 11.5 Å². The molecule has 0 amide bonds. The van der Waals surface area contributed by atoms with Crippen LogP contribution >= 0.6 is 0 Å². The number of hydrogen-bond donors (Lipinski definition) is 2. The molecule has 118 valence electrons. The van der Waals surface area contributed by atoms with Crippen LogP contribution in [-0.2, 0) is 0 Å². The zero-order valence-corrected chi connectivity index (χ0v) is 13.4. The Kier molecular flexibility index (Phi) is 5.61. The lowest BCUT2D eigenvalue weighted by Crippen LogP contribution is -2.22. The molecule has 1 heterocycles. The Morgan fingerprint density at radius 2 is 2.10 bits per heavy atom. The molecule has 0 radical (unpaired) electrons. The predicted octanol–water partition coefficient (Wildman–Crippen LogP) is 2.09. The highest BCUT2D eigenvalue weighted by molar-refractivity contribution is 5.67. The van der Waals surface area contributed by atoms with E-state index in [4.69, 9.17) is 10.5 Å². The summed E-state index contributed by atoms with van der Waals surface area (Å²) in [5, 5.41) is 3.30. The van der Waals surface area contributed by atoms with Crippen LogP contribution in [0, 0.1) is 0 Å². The Morgan fingerprint density at radius 3 is 2.71 bits per heavy atom. The molecule has 0 aromatic carbocycles. The maximum Gasteiger partial charge on any atom is 0.242 e. The summed E-state index contributed by atoms with van der Waals surface area (Å²) in [6, 6.07) is 0. The van der Waals surface area contributed by atoms with Gasteiger partial charge in [-0.1, -0.05) is 13.3 Å². The highest BCUT2D eigenvalue weighted by atomic mass is 16.5. The first-order chi connectivity index (χ1) is 10.1. The number of hydrogen-bond acceptors (Lipinski definition) is 6. The van der Waals surface area contributed by atoms with Crippen LogP contribution in [0.4, 0.5) is 11.5 Å². The van der Waals surface area contributed by atoms with Gasteiger partial charge in [0.05, 0.1) is 6.61 Å². The highest BCUT2D eigenvalue weighted by Gasteiger charge is 2.28. The number of nitrogen functional groups attached to an aromatic ring is 1. The summed E-state index contributed by atoms with van der Waals surface area (Å²) in [5.74, 6) is 2.59. The third-order valence-electron chi connectivity index (χ3n) is 3.46. The van der Waals surface area contributed by atoms with Crippen LogP contribution in [0.3, 0.4) is 0 Å². The number of nitrogens with one attached hydrogen (secondary N) is 1. The molecule has 0 aliphatic heterocycles. The second-order valence-corrected chi connectivity index (χ2v) is 5.86. The first-order valence-electron chi connectivity index (χ1n) is 7.80. The summed E-state index contributed by atoms with van der Waals surface area (Å²) in [6.45, 7) is 4.51. The van der Waals surface area contributed by atoms with Gasteiger partial charge in [0.25, 0.3) is 0 Å². The number of unbranched alkanes of at least 4 members (excludes halogenated alkanes) is 1. The number of ether oxygens (including phenoxy) is 1. The SMILES string of the molecule is CCCCOc1nc(C2CC2)nc(NCCN(C)C)c1N. The zero-order chi connectivity index (χ0) is 15.2. The summed E-state index contributed by atoms with van der Waals surface area (Å²) in [7, 11) is 4.08. The topological polar surface area (TPSA) is 76.3 Å². The largest absolute Gasteiger partial charge is 0.476 e. The second-order valence-electron chi connectivity index (χ2n) is 5.86. The van der Waals surface area contributed by atoms with Gasteiger partial charge in [0.2, 0.25) is 5.88 Å². The monoisotopic (exact) mass is 293 g/mol. The van der Waals surface area contributed by atoms with Gasteiger partial charge in [-0.2, -0.15) is 4.98 Å². The molecule has 21 heavy (non-hydrogen) atoms. The van der Waals surface area contributed by atoms with Gasteiger partial charge in [0.15, 0.2) is 5.82 Å². The number of anilines is 2. The van der Waals surface area contributed by atoms with E-state index in [0.29, 0.717) is 29.9 Å². The maximum atomic E-state index is 6.15. The first-order valence-corrected chi connectivity index (χ1v) is 7.80. The summed E-state index contributed by atoms with van der Waals surface area (Å²) in [5.41, 5.74) is 6.67. The summed E-state index contributed by atoms with van der Waals surface area (Å²) < 4.78 is 5.74. The van der Waals surface area contributed by atoms with Gasteiger partial charge in [-0.05, 0) is 33.4 Å². The minimum atomic E-state index is 0.480. The average molecular weight is 293 g/mol. The second kappa shape index (κ2) is 7.45. The van der Waals surface area contributed by atoms with Gasteiger partial charge < -0.3 is 20.7 Å². The Morgan fingerprint density at radius 1 is 1.33 bits per heavy atom. The molecular formula is C15H27N5O. The van der Waals surface area contributed by atoms with E-state index in [0.717, 1.165) is 44.6 Å². The van der Waals surface area contributed by atoms with Crippen molar-refractivity contribution in [3.05, 3.63) is 5.82 Å². The van der Waals surface area contributed by atoms with Crippen LogP contribution in [0.2, 0.25) is 0 Å². The fraction of sp³-hybridized carbons (Fsp3) is 0.733. The van der Waals surface area contributed by atoms with Crippen molar-refractivity contribution in [3.63, 3.8) is 0 Å². The molecule has 1 aliphatic rings. The Hall–Kier alpha value is -1.56. The van der Waals surface area contributed by atoms with E-state index in [9.17, 15) is 0 Å².